The number of fused-ring (bicyclic) bond motifs is 1. The van der Waals surface area contributed by atoms with Gasteiger partial charge in [-0.2, -0.15) is 0 Å². The number of nitrogens with one attached hydrogen (secondary N) is 3. The number of aromatic nitrogens is 2. The molecule has 0 atom stereocenters. The van der Waals surface area contributed by atoms with Crippen LogP contribution in [0.3, 0.4) is 0 Å². The van der Waals surface area contributed by atoms with Gasteiger partial charge >= 0.3 is 0 Å². The molecule has 4 aromatic rings. The minimum Gasteiger partial charge on any atom is -0.361 e. The zero-order valence-corrected chi connectivity index (χ0v) is 16.5. The molecule has 0 saturated heterocycles. The summed E-state index contributed by atoms with van der Waals surface area (Å²) in [6.45, 7) is 0.558. The van der Waals surface area contributed by atoms with E-state index in [2.05, 4.69) is 26.7 Å². The molecule has 6 nitrogen and oxygen atoms in total. The molecule has 0 aliphatic heterocycles. The van der Waals surface area contributed by atoms with Crippen LogP contribution in [0.2, 0.25) is 0 Å². The van der Waals surface area contributed by atoms with Gasteiger partial charge in [0.15, 0.2) is 5.13 Å². The van der Waals surface area contributed by atoms with E-state index in [0.29, 0.717) is 22.9 Å². The maximum atomic E-state index is 12.2. The van der Waals surface area contributed by atoms with Crippen molar-refractivity contribution in [3.8, 4) is 0 Å². The number of benzene rings is 2. The summed E-state index contributed by atoms with van der Waals surface area (Å²) in [4.78, 5) is 32.0. The number of aromatic amines is 1. The average molecular weight is 404 g/mol. The molecular formula is C22H20N4O2S. The molecule has 146 valence electrons. The fourth-order valence-electron chi connectivity index (χ4n) is 3.11. The summed E-state index contributed by atoms with van der Waals surface area (Å²) < 4.78 is 0. The first-order valence-corrected chi connectivity index (χ1v) is 10.2. The zero-order chi connectivity index (χ0) is 20.1. The molecule has 29 heavy (non-hydrogen) atoms. The lowest BCUT2D eigenvalue weighted by Gasteiger charge is -2.04. The Morgan fingerprint density at radius 2 is 1.83 bits per heavy atom. The van der Waals surface area contributed by atoms with Crippen molar-refractivity contribution in [2.75, 3.05) is 11.9 Å². The Balaban J connectivity index is 1.26. The predicted molar refractivity (Wildman–Crippen MR) is 115 cm³/mol. The second kappa shape index (κ2) is 8.70. The number of para-hydroxylation sites is 1. The van der Waals surface area contributed by atoms with Crippen molar-refractivity contribution < 1.29 is 9.59 Å². The molecule has 2 aromatic heterocycles. The topological polar surface area (TPSA) is 86.9 Å². The molecule has 0 spiro atoms. The quantitative estimate of drug-likeness (QED) is 0.438. The maximum Gasteiger partial charge on any atom is 0.257 e. The number of rotatable bonds is 7. The van der Waals surface area contributed by atoms with E-state index in [-0.39, 0.29) is 18.2 Å². The third-order valence-electron chi connectivity index (χ3n) is 4.54. The highest BCUT2D eigenvalue weighted by molar-refractivity contribution is 7.14. The summed E-state index contributed by atoms with van der Waals surface area (Å²) in [6.07, 6.45) is 2.93. The van der Waals surface area contributed by atoms with Gasteiger partial charge in [-0.25, -0.2) is 4.98 Å². The van der Waals surface area contributed by atoms with Crippen molar-refractivity contribution in [3.05, 3.63) is 83.0 Å². The van der Waals surface area contributed by atoms with E-state index < -0.39 is 0 Å². The van der Waals surface area contributed by atoms with Gasteiger partial charge in [-0.1, -0.05) is 36.4 Å². The molecule has 2 aromatic carbocycles. The van der Waals surface area contributed by atoms with Crippen LogP contribution in [0.25, 0.3) is 10.9 Å². The second-order valence-electron chi connectivity index (χ2n) is 6.60. The minimum atomic E-state index is -0.213. The van der Waals surface area contributed by atoms with Crippen LogP contribution >= 0.6 is 11.3 Å². The van der Waals surface area contributed by atoms with Gasteiger partial charge < -0.3 is 10.3 Å². The molecule has 0 aliphatic carbocycles. The fraction of sp³-hybridized carbons (Fsp3) is 0.136. The number of H-pyrrole nitrogens is 1. The van der Waals surface area contributed by atoms with Gasteiger partial charge in [0.25, 0.3) is 5.91 Å². The smallest absolute Gasteiger partial charge is 0.257 e. The molecule has 4 rings (SSSR count). The van der Waals surface area contributed by atoms with E-state index in [1.54, 1.807) is 17.5 Å². The van der Waals surface area contributed by atoms with Gasteiger partial charge in [0.1, 0.15) is 0 Å². The normalized spacial score (nSPS) is 10.8. The second-order valence-corrected chi connectivity index (χ2v) is 7.46. The van der Waals surface area contributed by atoms with Crippen LogP contribution in [0.1, 0.15) is 21.6 Å². The number of nitrogens with zero attached hydrogens (tertiary/aromatic N) is 1. The zero-order valence-electron chi connectivity index (χ0n) is 15.6. The van der Waals surface area contributed by atoms with Crippen molar-refractivity contribution >= 4 is 39.2 Å². The molecule has 7 heteroatoms. The molecule has 3 N–H and O–H groups in total. The van der Waals surface area contributed by atoms with E-state index in [1.807, 2.05) is 42.6 Å². The van der Waals surface area contributed by atoms with Crippen LogP contribution in [0.5, 0.6) is 0 Å². The van der Waals surface area contributed by atoms with Crippen LogP contribution < -0.4 is 10.6 Å². The Bertz CT molecular complexity index is 1130. The van der Waals surface area contributed by atoms with Crippen LogP contribution in [-0.2, 0) is 17.6 Å². The minimum absolute atomic E-state index is 0.0870. The molecule has 0 fully saturated rings. The van der Waals surface area contributed by atoms with E-state index in [1.165, 1.54) is 22.3 Å². The number of carbonyl (C=O) groups excluding carboxylic acids is 2. The molecule has 0 aliphatic rings. The van der Waals surface area contributed by atoms with Crippen LogP contribution in [0.4, 0.5) is 5.13 Å². The Labute approximate surface area is 172 Å². The first kappa shape index (κ1) is 18.9. The highest BCUT2D eigenvalue weighted by atomic mass is 32.1. The highest BCUT2D eigenvalue weighted by Crippen LogP contribution is 2.18. The lowest BCUT2D eigenvalue weighted by molar-refractivity contribution is -0.120. The third kappa shape index (κ3) is 4.70. The largest absolute Gasteiger partial charge is 0.361 e. The summed E-state index contributed by atoms with van der Waals surface area (Å²) >= 11 is 1.31. The predicted octanol–water partition coefficient (Wildman–Crippen LogP) is 3.78. The van der Waals surface area contributed by atoms with Crippen molar-refractivity contribution in [2.45, 2.75) is 12.8 Å². The summed E-state index contributed by atoms with van der Waals surface area (Å²) in [7, 11) is 0. The van der Waals surface area contributed by atoms with E-state index in [0.717, 1.165) is 11.9 Å². The monoisotopic (exact) mass is 404 g/mol. The summed E-state index contributed by atoms with van der Waals surface area (Å²) in [6, 6.07) is 17.1. The Morgan fingerprint density at radius 3 is 2.69 bits per heavy atom. The molecule has 0 bridgehead atoms. The van der Waals surface area contributed by atoms with Gasteiger partial charge in [-0.05, 0) is 30.2 Å². The van der Waals surface area contributed by atoms with Gasteiger partial charge in [0.2, 0.25) is 5.91 Å². The van der Waals surface area contributed by atoms with Crippen LogP contribution in [0, 0.1) is 0 Å². The van der Waals surface area contributed by atoms with Crippen LogP contribution in [-0.4, -0.2) is 28.3 Å². The molecular weight excluding hydrogens is 384 g/mol. The maximum absolute atomic E-state index is 12.2. The molecule has 2 amide bonds. The van der Waals surface area contributed by atoms with E-state index >= 15 is 0 Å². The third-order valence-corrected chi connectivity index (χ3v) is 5.35. The summed E-state index contributed by atoms with van der Waals surface area (Å²) in [5, 5.41) is 9.16. The molecule has 0 saturated carbocycles. The van der Waals surface area contributed by atoms with Gasteiger partial charge in [0, 0.05) is 34.6 Å². The number of carbonyl (C=O) groups is 2. The standard InChI is InChI=1S/C22H20N4O2S/c27-20(23-11-10-16-13-24-19-9-5-4-8-18(16)19)12-17-14-29-22(25-17)26-21(28)15-6-2-1-3-7-15/h1-9,13-14,24H,10-12H2,(H,23,27)(H,25,26,28). The Kier molecular flexibility index (Phi) is 5.67. The van der Waals surface area contributed by atoms with Crippen molar-refractivity contribution in [3.63, 3.8) is 0 Å². The first-order chi connectivity index (χ1) is 14.2. The van der Waals surface area contributed by atoms with Crippen molar-refractivity contribution in [2.24, 2.45) is 0 Å². The number of hydrogen-bond acceptors (Lipinski definition) is 4. The Morgan fingerprint density at radius 1 is 1.03 bits per heavy atom. The molecule has 0 radical (unpaired) electrons. The molecule has 0 unspecified atom stereocenters. The summed E-state index contributed by atoms with van der Waals surface area (Å²) in [5.74, 6) is -0.300. The fourth-order valence-corrected chi connectivity index (χ4v) is 3.81. The SMILES string of the molecule is O=C(Cc1csc(NC(=O)c2ccccc2)n1)NCCc1c[nH]c2ccccc12. The number of thiazole rings is 1. The number of anilines is 1. The van der Waals surface area contributed by atoms with E-state index in [4.69, 9.17) is 0 Å². The Hall–Kier alpha value is -3.45. The van der Waals surface area contributed by atoms with Crippen LogP contribution in [0.15, 0.2) is 66.2 Å². The van der Waals surface area contributed by atoms with E-state index in [9.17, 15) is 9.59 Å². The van der Waals surface area contributed by atoms with Gasteiger partial charge in [-0.3, -0.25) is 14.9 Å². The van der Waals surface area contributed by atoms with Crippen molar-refractivity contribution in [1.82, 2.24) is 15.3 Å². The number of amides is 2. The van der Waals surface area contributed by atoms with Gasteiger partial charge in [-0.15, -0.1) is 11.3 Å². The lowest BCUT2D eigenvalue weighted by atomic mass is 10.1. The van der Waals surface area contributed by atoms with Gasteiger partial charge in [0.05, 0.1) is 12.1 Å². The highest BCUT2D eigenvalue weighted by Gasteiger charge is 2.11. The number of hydrogen-bond donors (Lipinski definition) is 3. The van der Waals surface area contributed by atoms with Crippen molar-refractivity contribution in [1.29, 1.82) is 0 Å². The average Bonchev–Trinajstić information content (AvgIpc) is 3.35. The lowest BCUT2D eigenvalue weighted by Crippen LogP contribution is -2.27. The summed E-state index contributed by atoms with van der Waals surface area (Å²) in [5.41, 5.74) is 3.49. The first-order valence-electron chi connectivity index (χ1n) is 9.31. The molecule has 2 heterocycles.